The first-order chi connectivity index (χ1) is 12.8. The lowest BCUT2D eigenvalue weighted by atomic mass is 10.1. The molecule has 2 atom stereocenters. The number of rotatable bonds is 5. The molecule has 0 amide bonds. The summed E-state index contributed by atoms with van der Waals surface area (Å²) < 4.78 is 56.4. The standard InChI is InChI=1S/C21H16F3O2P/c22-21(23,24)19(16-10-4-1-5-11-16)27(26,18-14-8-3-9-15-18)20(25)17-12-6-2-7-13-17/h1-15,19H. The number of hydrogen-bond acceptors (Lipinski definition) is 2. The summed E-state index contributed by atoms with van der Waals surface area (Å²) in [4.78, 5) is 13.2. The molecule has 0 bridgehead atoms. The van der Waals surface area contributed by atoms with Gasteiger partial charge in [0.25, 0.3) is 0 Å². The Labute approximate surface area is 155 Å². The highest BCUT2D eigenvalue weighted by Crippen LogP contribution is 2.65. The van der Waals surface area contributed by atoms with Crippen molar-refractivity contribution >= 4 is 18.0 Å². The number of carbonyl (C=O) groups is 1. The number of alkyl halides is 3. The second kappa shape index (κ2) is 7.53. The summed E-state index contributed by atoms with van der Waals surface area (Å²) in [5.74, 6) is 0. The van der Waals surface area contributed by atoms with Crippen molar-refractivity contribution in [3.05, 3.63) is 102 Å². The molecule has 0 spiro atoms. The van der Waals surface area contributed by atoms with E-state index in [0.717, 1.165) is 0 Å². The highest BCUT2D eigenvalue weighted by molar-refractivity contribution is 7.87. The van der Waals surface area contributed by atoms with Crippen LogP contribution in [0.4, 0.5) is 13.2 Å². The van der Waals surface area contributed by atoms with Gasteiger partial charge in [-0.05, 0) is 5.56 Å². The highest BCUT2D eigenvalue weighted by atomic mass is 31.2. The number of carbonyl (C=O) groups excluding carboxylic acids is 1. The largest absolute Gasteiger partial charge is 0.403 e. The summed E-state index contributed by atoms with van der Waals surface area (Å²) in [6, 6.07) is 21.7. The van der Waals surface area contributed by atoms with Crippen LogP contribution in [0.15, 0.2) is 91.0 Å². The Morgan fingerprint density at radius 1 is 0.741 bits per heavy atom. The third kappa shape index (κ3) is 3.74. The van der Waals surface area contributed by atoms with Crippen LogP contribution in [0.3, 0.4) is 0 Å². The maximum absolute atomic E-state index is 14.1. The van der Waals surface area contributed by atoms with Gasteiger partial charge >= 0.3 is 6.18 Å². The average molecular weight is 388 g/mol. The molecule has 0 radical (unpaired) electrons. The van der Waals surface area contributed by atoms with Gasteiger partial charge in [0.05, 0.1) is 0 Å². The molecule has 6 heteroatoms. The minimum Gasteiger partial charge on any atom is -0.309 e. The van der Waals surface area contributed by atoms with Crippen LogP contribution in [0, 0.1) is 0 Å². The van der Waals surface area contributed by atoms with E-state index in [1.807, 2.05) is 0 Å². The maximum Gasteiger partial charge on any atom is 0.403 e. The smallest absolute Gasteiger partial charge is 0.309 e. The van der Waals surface area contributed by atoms with Crippen LogP contribution in [0.2, 0.25) is 0 Å². The fraction of sp³-hybridized carbons (Fsp3) is 0.0952. The van der Waals surface area contributed by atoms with Crippen LogP contribution in [0.5, 0.6) is 0 Å². The highest BCUT2D eigenvalue weighted by Gasteiger charge is 2.56. The van der Waals surface area contributed by atoms with Gasteiger partial charge in [-0.1, -0.05) is 91.0 Å². The van der Waals surface area contributed by atoms with Crippen LogP contribution in [0.1, 0.15) is 21.6 Å². The zero-order chi connectivity index (χ0) is 19.5. The molecule has 0 aromatic heterocycles. The quantitative estimate of drug-likeness (QED) is 0.516. The molecule has 0 aliphatic carbocycles. The molecule has 0 heterocycles. The zero-order valence-electron chi connectivity index (χ0n) is 14.1. The van der Waals surface area contributed by atoms with Gasteiger partial charge in [-0.3, -0.25) is 4.79 Å². The summed E-state index contributed by atoms with van der Waals surface area (Å²) in [5.41, 5.74) is -3.61. The van der Waals surface area contributed by atoms with E-state index >= 15 is 0 Å². The van der Waals surface area contributed by atoms with E-state index in [4.69, 9.17) is 0 Å². The molecule has 2 unspecified atom stereocenters. The van der Waals surface area contributed by atoms with Crippen molar-refractivity contribution in [1.29, 1.82) is 0 Å². The molecule has 3 rings (SSSR count). The van der Waals surface area contributed by atoms with Gasteiger partial charge in [0.15, 0.2) is 7.14 Å². The van der Waals surface area contributed by atoms with Gasteiger partial charge in [-0.25, -0.2) is 0 Å². The van der Waals surface area contributed by atoms with E-state index in [1.165, 1.54) is 72.8 Å². The molecular weight excluding hydrogens is 372 g/mol. The predicted octanol–water partition coefficient (Wildman–Crippen LogP) is 5.82. The minimum atomic E-state index is -4.86. The Morgan fingerprint density at radius 2 is 1.19 bits per heavy atom. The summed E-state index contributed by atoms with van der Waals surface area (Å²) in [7, 11) is -4.60. The first kappa shape index (κ1) is 19.1. The van der Waals surface area contributed by atoms with Crippen LogP contribution >= 0.6 is 7.14 Å². The molecule has 3 aromatic rings. The van der Waals surface area contributed by atoms with Gasteiger partial charge in [0, 0.05) is 10.9 Å². The Bertz CT molecular complexity index is 955. The summed E-state index contributed by atoms with van der Waals surface area (Å²) in [6.45, 7) is 0. The lowest BCUT2D eigenvalue weighted by molar-refractivity contribution is -0.131. The van der Waals surface area contributed by atoms with Crippen molar-refractivity contribution < 1.29 is 22.5 Å². The topological polar surface area (TPSA) is 34.1 Å². The van der Waals surface area contributed by atoms with Crippen molar-refractivity contribution in [1.82, 2.24) is 0 Å². The lowest BCUT2D eigenvalue weighted by Crippen LogP contribution is -2.29. The van der Waals surface area contributed by atoms with E-state index < -0.39 is 24.5 Å². The molecule has 27 heavy (non-hydrogen) atoms. The van der Waals surface area contributed by atoms with Crippen LogP contribution in [-0.2, 0) is 4.57 Å². The third-order valence-electron chi connectivity index (χ3n) is 4.25. The van der Waals surface area contributed by atoms with E-state index in [0.29, 0.717) is 0 Å². The van der Waals surface area contributed by atoms with Crippen molar-refractivity contribution in [2.24, 2.45) is 0 Å². The maximum atomic E-state index is 14.1. The number of benzene rings is 3. The van der Waals surface area contributed by atoms with Crippen molar-refractivity contribution in [3.63, 3.8) is 0 Å². The molecular formula is C21H16F3O2P. The van der Waals surface area contributed by atoms with Crippen LogP contribution in [0.25, 0.3) is 0 Å². The third-order valence-corrected chi connectivity index (χ3v) is 7.50. The van der Waals surface area contributed by atoms with Gasteiger partial charge in [-0.15, -0.1) is 0 Å². The molecule has 2 nitrogen and oxygen atoms in total. The Morgan fingerprint density at radius 3 is 1.67 bits per heavy atom. The van der Waals surface area contributed by atoms with E-state index in [2.05, 4.69) is 0 Å². The molecule has 3 aromatic carbocycles. The van der Waals surface area contributed by atoms with E-state index in [9.17, 15) is 22.5 Å². The molecule has 138 valence electrons. The van der Waals surface area contributed by atoms with Gasteiger partial charge in [0.2, 0.25) is 5.52 Å². The van der Waals surface area contributed by atoms with E-state index in [-0.39, 0.29) is 16.4 Å². The minimum absolute atomic E-state index is 0.00475. The second-order valence-corrected chi connectivity index (χ2v) is 8.77. The molecule has 0 aliphatic heterocycles. The zero-order valence-corrected chi connectivity index (χ0v) is 15.0. The Hall–Kier alpha value is -2.65. The summed E-state index contributed by atoms with van der Waals surface area (Å²) >= 11 is 0. The summed E-state index contributed by atoms with van der Waals surface area (Å²) in [6.07, 6.45) is -4.86. The normalized spacial score (nSPS) is 14.9. The van der Waals surface area contributed by atoms with Crippen LogP contribution in [-0.4, -0.2) is 11.7 Å². The number of hydrogen-bond donors (Lipinski definition) is 0. The Balaban J connectivity index is 2.29. The fourth-order valence-electron chi connectivity index (χ4n) is 3.05. The summed E-state index contributed by atoms with van der Waals surface area (Å²) in [5, 5.41) is -0.106. The molecule has 0 N–H and O–H groups in total. The lowest BCUT2D eigenvalue weighted by Gasteiger charge is -2.29. The monoisotopic (exact) mass is 388 g/mol. The van der Waals surface area contributed by atoms with Gasteiger partial charge in [0.1, 0.15) is 5.66 Å². The molecule has 0 saturated heterocycles. The molecule has 0 aliphatic rings. The SMILES string of the molecule is O=C(c1ccccc1)P(=O)(c1ccccc1)C(c1ccccc1)C(F)(F)F. The number of halogens is 3. The first-order valence-electron chi connectivity index (χ1n) is 8.22. The second-order valence-electron chi connectivity index (χ2n) is 6.02. The van der Waals surface area contributed by atoms with Crippen LogP contribution < -0.4 is 5.30 Å². The van der Waals surface area contributed by atoms with E-state index in [1.54, 1.807) is 18.2 Å². The molecule has 0 saturated carbocycles. The molecule has 0 fully saturated rings. The van der Waals surface area contributed by atoms with Gasteiger partial charge < -0.3 is 4.57 Å². The van der Waals surface area contributed by atoms with Crippen molar-refractivity contribution in [2.45, 2.75) is 11.8 Å². The van der Waals surface area contributed by atoms with Crippen molar-refractivity contribution in [2.75, 3.05) is 0 Å². The van der Waals surface area contributed by atoms with Crippen molar-refractivity contribution in [3.8, 4) is 0 Å². The Kier molecular flexibility index (Phi) is 5.33. The van der Waals surface area contributed by atoms with Gasteiger partial charge in [-0.2, -0.15) is 13.2 Å². The fourth-order valence-corrected chi connectivity index (χ4v) is 5.97. The first-order valence-corrected chi connectivity index (χ1v) is 9.99. The average Bonchev–Trinajstić information content (AvgIpc) is 2.68. The predicted molar refractivity (Wildman–Crippen MR) is 99.7 cm³/mol.